The minimum absolute atomic E-state index is 0.00822. The van der Waals surface area contributed by atoms with Crippen molar-refractivity contribution in [2.45, 2.75) is 10.8 Å². The monoisotopic (exact) mass is 311 g/mol. The summed E-state index contributed by atoms with van der Waals surface area (Å²) in [5.74, 6) is 0.669. The number of halogens is 2. The first kappa shape index (κ1) is 14.2. The Morgan fingerprint density at radius 2 is 2.05 bits per heavy atom. The summed E-state index contributed by atoms with van der Waals surface area (Å²) in [5, 5.41) is 9.35. The second kappa shape index (κ2) is 6.28. The van der Waals surface area contributed by atoms with E-state index in [0.29, 0.717) is 21.4 Å². The molecule has 0 aliphatic carbocycles. The Hall–Kier alpha value is -1.23. The van der Waals surface area contributed by atoms with Crippen LogP contribution in [0, 0.1) is 5.41 Å². The Bertz CT molecular complexity index is 617. The van der Waals surface area contributed by atoms with E-state index in [0.717, 1.165) is 10.6 Å². The lowest BCUT2D eigenvalue weighted by Crippen LogP contribution is -2.10. The zero-order valence-corrected chi connectivity index (χ0v) is 12.2. The lowest BCUT2D eigenvalue weighted by molar-refractivity contribution is 1.13. The van der Waals surface area contributed by atoms with E-state index in [2.05, 4.69) is 4.98 Å². The van der Waals surface area contributed by atoms with Gasteiger partial charge < -0.3 is 5.73 Å². The van der Waals surface area contributed by atoms with Crippen LogP contribution in [0.1, 0.15) is 11.1 Å². The molecule has 0 fully saturated rings. The van der Waals surface area contributed by atoms with E-state index in [-0.39, 0.29) is 5.84 Å². The van der Waals surface area contributed by atoms with Crippen LogP contribution in [0.4, 0.5) is 0 Å². The van der Waals surface area contributed by atoms with E-state index in [1.807, 2.05) is 6.07 Å². The SMILES string of the molecule is N=C(N)c1ccc(CSc2ncccc2Cl)c(Cl)c1. The van der Waals surface area contributed by atoms with Crippen molar-refractivity contribution in [3.63, 3.8) is 0 Å². The smallest absolute Gasteiger partial charge is 0.122 e. The molecule has 1 aromatic heterocycles. The van der Waals surface area contributed by atoms with E-state index in [4.69, 9.17) is 34.3 Å². The molecular weight excluding hydrogens is 301 g/mol. The van der Waals surface area contributed by atoms with E-state index in [1.165, 1.54) is 11.8 Å². The first-order valence-electron chi connectivity index (χ1n) is 5.44. The van der Waals surface area contributed by atoms with Crippen molar-refractivity contribution in [3.05, 3.63) is 57.7 Å². The number of thioether (sulfide) groups is 1. The van der Waals surface area contributed by atoms with Crippen molar-refractivity contribution in [1.82, 2.24) is 4.98 Å². The van der Waals surface area contributed by atoms with E-state index < -0.39 is 0 Å². The van der Waals surface area contributed by atoms with Crippen molar-refractivity contribution in [3.8, 4) is 0 Å². The van der Waals surface area contributed by atoms with Crippen LogP contribution in [-0.2, 0) is 5.75 Å². The van der Waals surface area contributed by atoms with Gasteiger partial charge in [0.15, 0.2) is 0 Å². The third-order valence-electron chi connectivity index (χ3n) is 2.45. The van der Waals surface area contributed by atoms with Gasteiger partial charge in [0.25, 0.3) is 0 Å². The van der Waals surface area contributed by atoms with E-state index in [1.54, 1.807) is 30.5 Å². The third kappa shape index (κ3) is 3.62. The van der Waals surface area contributed by atoms with Crippen molar-refractivity contribution in [2.75, 3.05) is 0 Å². The normalized spacial score (nSPS) is 10.4. The largest absolute Gasteiger partial charge is 0.384 e. The molecule has 0 radical (unpaired) electrons. The quantitative estimate of drug-likeness (QED) is 0.510. The number of hydrogen-bond acceptors (Lipinski definition) is 3. The van der Waals surface area contributed by atoms with Gasteiger partial charge in [-0.15, -0.1) is 11.8 Å². The maximum atomic E-state index is 7.35. The average Bonchev–Trinajstić information content (AvgIpc) is 2.39. The molecule has 3 nitrogen and oxygen atoms in total. The first-order chi connectivity index (χ1) is 9.08. The van der Waals surface area contributed by atoms with Gasteiger partial charge in [-0.2, -0.15) is 0 Å². The number of nitrogen functional groups attached to an aromatic ring is 1. The van der Waals surface area contributed by atoms with E-state index in [9.17, 15) is 0 Å². The number of nitrogens with one attached hydrogen (secondary N) is 1. The fraction of sp³-hybridized carbons (Fsp3) is 0.0769. The van der Waals surface area contributed by atoms with Crippen LogP contribution in [0.15, 0.2) is 41.6 Å². The summed E-state index contributed by atoms with van der Waals surface area (Å²) < 4.78 is 0. The Morgan fingerprint density at radius 3 is 2.68 bits per heavy atom. The molecule has 2 aromatic rings. The van der Waals surface area contributed by atoms with E-state index >= 15 is 0 Å². The summed E-state index contributed by atoms with van der Waals surface area (Å²) in [6, 6.07) is 8.94. The van der Waals surface area contributed by atoms with Gasteiger partial charge >= 0.3 is 0 Å². The highest BCUT2D eigenvalue weighted by molar-refractivity contribution is 7.98. The number of benzene rings is 1. The molecule has 0 bridgehead atoms. The molecule has 0 unspecified atom stereocenters. The minimum Gasteiger partial charge on any atom is -0.384 e. The molecule has 0 spiro atoms. The molecule has 1 aromatic carbocycles. The Morgan fingerprint density at radius 1 is 1.26 bits per heavy atom. The molecule has 0 aliphatic heterocycles. The molecule has 0 saturated carbocycles. The van der Waals surface area contributed by atoms with Crippen molar-refractivity contribution in [1.29, 1.82) is 5.41 Å². The summed E-state index contributed by atoms with van der Waals surface area (Å²) in [6.07, 6.45) is 1.70. The van der Waals surface area contributed by atoms with Crippen molar-refractivity contribution >= 4 is 40.8 Å². The number of nitrogens with zero attached hydrogens (tertiary/aromatic N) is 1. The molecule has 6 heteroatoms. The number of hydrogen-bond donors (Lipinski definition) is 2. The second-order valence-electron chi connectivity index (χ2n) is 3.80. The van der Waals surface area contributed by atoms with Gasteiger partial charge in [0.05, 0.1) is 5.02 Å². The second-order valence-corrected chi connectivity index (χ2v) is 5.58. The van der Waals surface area contributed by atoms with Gasteiger partial charge in [-0.25, -0.2) is 4.98 Å². The average molecular weight is 312 g/mol. The number of aromatic nitrogens is 1. The highest BCUT2D eigenvalue weighted by atomic mass is 35.5. The van der Waals surface area contributed by atoms with Crippen LogP contribution in [-0.4, -0.2) is 10.8 Å². The zero-order valence-electron chi connectivity index (χ0n) is 9.86. The lowest BCUT2D eigenvalue weighted by atomic mass is 10.1. The van der Waals surface area contributed by atoms with Gasteiger partial charge in [0.1, 0.15) is 10.9 Å². The Kier molecular flexibility index (Phi) is 4.69. The van der Waals surface area contributed by atoms with Gasteiger partial charge in [-0.1, -0.05) is 35.3 Å². The number of nitrogens with two attached hydrogens (primary N) is 1. The van der Waals surface area contributed by atoms with Crippen molar-refractivity contribution in [2.24, 2.45) is 5.73 Å². The topological polar surface area (TPSA) is 62.8 Å². The fourth-order valence-corrected chi connectivity index (χ4v) is 2.95. The standard InChI is InChI=1S/C13H11Cl2N3S/c14-10-2-1-5-18-13(10)19-7-9-4-3-8(12(16)17)6-11(9)15/h1-6H,7H2,(H3,16,17). The fourth-order valence-electron chi connectivity index (χ4n) is 1.46. The molecule has 0 aliphatic rings. The number of amidine groups is 1. The van der Waals surface area contributed by atoms with Gasteiger partial charge in [0.2, 0.25) is 0 Å². The summed E-state index contributed by atoms with van der Waals surface area (Å²) >= 11 is 13.7. The maximum absolute atomic E-state index is 7.35. The predicted octanol–water partition coefficient (Wildman–Crippen LogP) is 3.96. The summed E-state index contributed by atoms with van der Waals surface area (Å²) in [4.78, 5) is 4.20. The molecule has 3 N–H and O–H groups in total. The molecule has 1 heterocycles. The van der Waals surface area contributed by atoms with Gasteiger partial charge in [-0.3, -0.25) is 5.41 Å². The van der Waals surface area contributed by atoms with Crippen molar-refractivity contribution < 1.29 is 0 Å². The highest BCUT2D eigenvalue weighted by Crippen LogP contribution is 2.30. The molecule has 2 rings (SSSR count). The molecule has 0 atom stereocenters. The third-order valence-corrected chi connectivity index (χ3v) is 4.28. The number of pyridine rings is 1. The maximum Gasteiger partial charge on any atom is 0.122 e. The van der Waals surface area contributed by atoms with Crippen LogP contribution in [0.25, 0.3) is 0 Å². The molecule has 0 amide bonds. The molecule has 98 valence electrons. The lowest BCUT2D eigenvalue weighted by Gasteiger charge is -2.07. The summed E-state index contributed by atoms with van der Waals surface area (Å²) in [7, 11) is 0. The predicted molar refractivity (Wildman–Crippen MR) is 81.3 cm³/mol. The Labute approximate surface area is 125 Å². The summed E-state index contributed by atoms with van der Waals surface area (Å²) in [6.45, 7) is 0. The molecular formula is C13H11Cl2N3S. The number of rotatable bonds is 4. The molecule has 19 heavy (non-hydrogen) atoms. The van der Waals surface area contributed by atoms with Gasteiger partial charge in [0, 0.05) is 22.5 Å². The van der Waals surface area contributed by atoms with Crippen LogP contribution < -0.4 is 5.73 Å². The molecule has 0 saturated heterocycles. The van der Waals surface area contributed by atoms with Crippen LogP contribution >= 0.6 is 35.0 Å². The summed E-state index contributed by atoms with van der Waals surface area (Å²) in [5.41, 5.74) is 6.99. The van der Waals surface area contributed by atoms with Gasteiger partial charge in [-0.05, 0) is 23.8 Å². The van der Waals surface area contributed by atoms with Crippen LogP contribution in [0.3, 0.4) is 0 Å². The Balaban J connectivity index is 2.12. The zero-order chi connectivity index (χ0) is 13.8. The minimum atomic E-state index is 0.00822. The first-order valence-corrected chi connectivity index (χ1v) is 7.18. The highest BCUT2D eigenvalue weighted by Gasteiger charge is 2.07. The van der Waals surface area contributed by atoms with Crippen LogP contribution in [0.5, 0.6) is 0 Å². The van der Waals surface area contributed by atoms with Crippen LogP contribution in [0.2, 0.25) is 10.0 Å².